The van der Waals surface area contributed by atoms with Crippen LogP contribution < -0.4 is 5.32 Å². The molecule has 0 aromatic heterocycles. The molecule has 1 amide bonds. The number of rotatable bonds is 3. The number of nitrogens with one attached hydrogen (secondary N) is 1. The van der Waals surface area contributed by atoms with Crippen LogP contribution in [0, 0.1) is 12.3 Å². The van der Waals surface area contributed by atoms with Gasteiger partial charge in [0.1, 0.15) is 5.60 Å². The molecule has 2 heterocycles. The molecule has 1 aliphatic carbocycles. The normalized spacial score (nSPS) is 22.3. The molecular weight excluding hydrogens is 452 g/mol. The van der Waals surface area contributed by atoms with Gasteiger partial charge in [0, 0.05) is 25.0 Å². The standard InChI is InChI=1S/C29H46N2O3Si/c1-20-10-11-22-21(16-20)17-23-24(18-33-35(8,9)28(5,6)7)30-19-29(25(22)23)12-14-31(15-13-29)26(32)34-27(2,3)4/h10-11,16,24,30H,12-15,17-19H2,1-9H3/t24-/m1/s1. The first-order valence-electron chi connectivity index (χ1n) is 13.3. The second-order valence-electron chi connectivity index (χ2n) is 13.5. The fraction of sp³-hybridized carbons (Fsp3) is 0.690. The molecule has 194 valence electrons. The smallest absolute Gasteiger partial charge is 0.410 e. The third kappa shape index (κ3) is 5.25. The van der Waals surface area contributed by atoms with Crippen LogP contribution in [0.4, 0.5) is 4.79 Å². The average Bonchev–Trinajstić information content (AvgIpc) is 3.11. The summed E-state index contributed by atoms with van der Waals surface area (Å²) in [6.07, 6.45) is 2.73. The number of ether oxygens (including phenoxy) is 1. The van der Waals surface area contributed by atoms with Crippen molar-refractivity contribution < 1.29 is 14.0 Å². The second kappa shape index (κ2) is 9.04. The number of likely N-dealkylation sites (tertiary alicyclic amines) is 1. The van der Waals surface area contributed by atoms with Gasteiger partial charge in [-0.05, 0) is 87.4 Å². The third-order valence-corrected chi connectivity index (χ3v) is 13.2. The number of aryl methyl sites for hydroxylation is 1. The molecule has 1 atom stereocenters. The van der Waals surface area contributed by atoms with E-state index in [1.54, 1.807) is 5.57 Å². The van der Waals surface area contributed by atoms with Gasteiger partial charge < -0.3 is 19.4 Å². The summed E-state index contributed by atoms with van der Waals surface area (Å²) in [4.78, 5) is 14.6. The first kappa shape index (κ1) is 26.4. The highest BCUT2D eigenvalue weighted by Crippen LogP contribution is 2.53. The molecule has 1 N–H and O–H groups in total. The van der Waals surface area contributed by atoms with Crippen molar-refractivity contribution in [2.24, 2.45) is 5.41 Å². The predicted molar refractivity (Wildman–Crippen MR) is 146 cm³/mol. The van der Waals surface area contributed by atoms with Crippen molar-refractivity contribution in [3.8, 4) is 0 Å². The zero-order chi connectivity index (χ0) is 25.8. The summed E-state index contributed by atoms with van der Waals surface area (Å²) < 4.78 is 12.4. The van der Waals surface area contributed by atoms with Gasteiger partial charge in [-0.3, -0.25) is 0 Å². The van der Waals surface area contributed by atoms with Gasteiger partial charge in [0.25, 0.3) is 0 Å². The minimum atomic E-state index is -1.83. The van der Waals surface area contributed by atoms with Crippen molar-refractivity contribution in [3.63, 3.8) is 0 Å². The van der Waals surface area contributed by atoms with Crippen molar-refractivity contribution in [3.05, 3.63) is 40.5 Å². The van der Waals surface area contributed by atoms with E-state index in [0.29, 0.717) is 0 Å². The molecule has 2 aliphatic heterocycles. The van der Waals surface area contributed by atoms with E-state index in [9.17, 15) is 4.79 Å². The summed E-state index contributed by atoms with van der Waals surface area (Å²) in [6, 6.07) is 7.21. The number of carbonyl (C=O) groups excluding carboxylic acids is 1. The highest BCUT2D eigenvalue weighted by molar-refractivity contribution is 6.74. The SMILES string of the molecule is Cc1ccc2c(c1)CC1=C2C2(CCN(C(=O)OC(C)(C)C)CC2)CN[C@@H]1CO[Si](C)(C)C(C)(C)C. The Morgan fingerprint density at radius 1 is 1.14 bits per heavy atom. The lowest BCUT2D eigenvalue weighted by Gasteiger charge is -2.48. The molecule has 1 fully saturated rings. The third-order valence-electron chi connectivity index (χ3n) is 8.66. The number of nitrogens with zero attached hydrogens (tertiary/aromatic N) is 1. The number of amides is 1. The van der Waals surface area contributed by atoms with Gasteiger partial charge in [-0.2, -0.15) is 0 Å². The summed E-state index contributed by atoms with van der Waals surface area (Å²) in [5.74, 6) is 0. The van der Waals surface area contributed by atoms with Crippen LogP contribution in [0.3, 0.4) is 0 Å². The number of hydrogen-bond acceptors (Lipinski definition) is 4. The van der Waals surface area contributed by atoms with E-state index < -0.39 is 13.9 Å². The van der Waals surface area contributed by atoms with Crippen LogP contribution in [-0.2, 0) is 15.6 Å². The summed E-state index contributed by atoms with van der Waals surface area (Å²) in [7, 11) is -1.83. The van der Waals surface area contributed by atoms with Crippen molar-refractivity contribution in [2.45, 2.75) is 97.5 Å². The number of carbonyl (C=O) groups is 1. The zero-order valence-electron chi connectivity index (χ0n) is 23.4. The van der Waals surface area contributed by atoms with Crippen molar-refractivity contribution in [1.29, 1.82) is 0 Å². The highest BCUT2D eigenvalue weighted by Gasteiger charge is 2.48. The van der Waals surface area contributed by atoms with Gasteiger partial charge in [-0.15, -0.1) is 0 Å². The maximum atomic E-state index is 12.7. The molecule has 1 spiro atoms. The largest absolute Gasteiger partial charge is 0.444 e. The molecule has 1 aromatic carbocycles. The minimum Gasteiger partial charge on any atom is -0.444 e. The Balaban J connectivity index is 1.60. The van der Waals surface area contributed by atoms with E-state index in [1.165, 1.54) is 22.3 Å². The molecule has 1 aromatic rings. The van der Waals surface area contributed by atoms with E-state index in [1.807, 2.05) is 25.7 Å². The van der Waals surface area contributed by atoms with E-state index in [-0.39, 0.29) is 22.6 Å². The van der Waals surface area contributed by atoms with E-state index >= 15 is 0 Å². The Kier molecular flexibility index (Phi) is 6.82. The second-order valence-corrected chi connectivity index (χ2v) is 18.3. The Morgan fingerprint density at radius 2 is 1.80 bits per heavy atom. The van der Waals surface area contributed by atoms with Crippen LogP contribution in [0.5, 0.6) is 0 Å². The lowest BCUT2D eigenvalue weighted by Crippen LogP contribution is -2.54. The first-order chi connectivity index (χ1) is 16.1. The molecule has 0 unspecified atom stereocenters. The fourth-order valence-corrected chi connectivity index (χ4v) is 6.59. The minimum absolute atomic E-state index is 0.0574. The Labute approximate surface area is 213 Å². The molecule has 4 rings (SSSR count). The van der Waals surface area contributed by atoms with E-state index in [4.69, 9.17) is 9.16 Å². The molecule has 3 aliphatic rings. The lowest BCUT2D eigenvalue weighted by atomic mass is 9.67. The number of hydrogen-bond donors (Lipinski definition) is 1. The highest BCUT2D eigenvalue weighted by atomic mass is 28.4. The molecular formula is C29H46N2O3Si. The van der Waals surface area contributed by atoms with Gasteiger partial charge in [-0.25, -0.2) is 4.79 Å². The maximum absolute atomic E-state index is 12.7. The van der Waals surface area contributed by atoms with Crippen molar-refractivity contribution >= 4 is 20.0 Å². The fourth-order valence-electron chi connectivity index (χ4n) is 5.57. The van der Waals surface area contributed by atoms with Crippen LogP contribution in [0.15, 0.2) is 23.8 Å². The monoisotopic (exact) mass is 498 g/mol. The van der Waals surface area contributed by atoms with Gasteiger partial charge in [0.2, 0.25) is 0 Å². The van der Waals surface area contributed by atoms with Crippen LogP contribution in [0.25, 0.3) is 5.57 Å². The average molecular weight is 499 g/mol. The number of piperidine rings is 1. The number of fused-ring (bicyclic) bond motifs is 3. The zero-order valence-corrected chi connectivity index (χ0v) is 24.4. The molecule has 5 nitrogen and oxygen atoms in total. The van der Waals surface area contributed by atoms with Crippen LogP contribution in [-0.4, -0.2) is 57.2 Å². The quantitative estimate of drug-likeness (QED) is 0.496. The lowest BCUT2D eigenvalue weighted by molar-refractivity contribution is 0.0144. The van der Waals surface area contributed by atoms with Crippen molar-refractivity contribution in [1.82, 2.24) is 10.2 Å². The Bertz CT molecular complexity index is 1010. The summed E-state index contributed by atoms with van der Waals surface area (Å²) >= 11 is 0. The predicted octanol–water partition coefficient (Wildman–Crippen LogP) is 6.32. The van der Waals surface area contributed by atoms with E-state index in [2.05, 4.69) is 64.3 Å². The molecule has 35 heavy (non-hydrogen) atoms. The topological polar surface area (TPSA) is 50.8 Å². The van der Waals surface area contributed by atoms with Crippen LogP contribution in [0.2, 0.25) is 18.1 Å². The molecule has 6 heteroatoms. The summed E-state index contributed by atoms with van der Waals surface area (Å²) in [5, 5.41) is 4.11. The maximum Gasteiger partial charge on any atom is 0.410 e. The van der Waals surface area contributed by atoms with Gasteiger partial charge >= 0.3 is 6.09 Å². The first-order valence-corrected chi connectivity index (χ1v) is 16.2. The number of benzene rings is 1. The summed E-state index contributed by atoms with van der Waals surface area (Å²) in [6.45, 7) is 22.7. The Hall–Kier alpha value is -1.63. The van der Waals surface area contributed by atoms with Gasteiger partial charge in [0.15, 0.2) is 8.32 Å². The van der Waals surface area contributed by atoms with Crippen LogP contribution in [0.1, 0.15) is 71.1 Å². The molecule has 0 radical (unpaired) electrons. The molecule has 1 saturated heterocycles. The molecule has 0 saturated carbocycles. The Morgan fingerprint density at radius 3 is 2.40 bits per heavy atom. The van der Waals surface area contributed by atoms with E-state index in [0.717, 1.165) is 45.5 Å². The molecule has 0 bridgehead atoms. The summed E-state index contributed by atoms with van der Waals surface area (Å²) in [5.41, 5.74) is 6.84. The van der Waals surface area contributed by atoms with Gasteiger partial charge in [-0.1, -0.05) is 44.5 Å². The van der Waals surface area contributed by atoms with Crippen LogP contribution >= 0.6 is 0 Å². The van der Waals surface area contributed by atoms with Gasteiger partial charge in [0.05, 0.1) is 12.6 Å². The van der Waals surface area contributed by atoms with Crippen molar-refractivity contribution in [2.75, 3.05) is 26.2 Å².